The third kappa shape index (κ3) is 4.22. The molecule has 0 saturated carbocycles. The molecule has 4 heteroatoms. The van der Waals surface area contributed by atoms with E-state index < -0.39 is 17.7 Å². The third-order valence-electron chi connectivity index (χ3n) is 5.99. The van der Waals surface area contributed by atoms with Crippen LogP contribution in [0.2, 0.25) is 0 Å². The van der Waals surface area contributed by atoms with Crippen LogP contribution in [-0.2, 0) is 16.0 Å². The highest BCUT2D eigenvalue weighted by atomic mass is 16.3. The third-order valence-corrected chi connectivity index (χ3v) is 5.99. The van der Waals surface area contributed by atoms with E-state index in [9.17, 15) is 14.7 Å². The summed E-state index contributed by atoms with van der Waals surface area (Å²) in [5.74, 6) is -0.976. The lowest BCUT2D eigenvalue weighted by molar-refractivity contribution is -0.139. The number of ketones is 1. The van der Waals surface area contributed by atoms with Gasteiger partial charge in [-0.3, -0.25) is 9.59 Å². The first kappa shape index (κ1) is 21.6. The molecule has 0 bridgehead atoms. The second-order valence-electron chi connectivity index (χ2n) is 8.42. The van der Waals surface area contributed by atoms with Crippen molar-refractivity contribution >= 4 is 17.4 Å². The highest BCUT2D eigenvalue weighted by Gasteiger charge is 2.45. The second-order valence-corrected chi connectivity index (χ2v) is 8.42. The van der Waals surface area contributed by atoms with Crippen molar-refractivity contribution in [2.45, 2.75) is 32.2 Å². The molecule has 4 nitrogen and oxygen atoms in total. The minimum absolute atomic E-state index is 0.135. The molecule has 162 valence electrons. The molecule has 0 aliphatic carbocycles. The SMILES string of the molecule is CC(C)c1ccc(C2C(=C(O)c3ccccc3)C(=O)C(=O)N2CCc2ccccc2)cc1. The highest BCUT2D eigenvalue weighted by Crippen LogP contribution is 2.39. The molecule has 3 aromatic carbocycles. The molecule has 1 heterocycles. The molecule has 1 amide bonds. The van der Waals surface area contributed by atoms with E-state index in [2.05, 4.69) is 13.8 Å². The summed E-state index contributed by atoms with van der Waals surface area (Å²) < 4.78 is 0. The van der Waals surface area contributed by atoms with Crippen LogP contribution in [0.25, 0.3) is 5.76 Å². The zero-order chi connectivity index (χ0) is 22.7. The number of carbonyl (C=O) groups excluding carboxylic acids is 2. The molecule has 32 heavy (non-hydrogen) atoms. The minimum Gasteiger partial charge on any atom is -0.507 e. The molecule has 0 spiro atoms. The molecule has 1 unspecified atom stereocenters. The van der Waals surface area contributed by atoms with Gasteiger partial charge in [0.1, 0.15) is 5.76 Å². The van der Waals surface area contributed by atoms with E-state index in [4.69, 9.17) is 0 Å². The Morgan fingerprint density at radius 2 is 1.47 bits per heavy atom. The first-order chi connectivity index (χ1) is 15.5. The first-order valence-corrected chi connectivity index (χ1v) is 10.9. The number of carbonyl (C=O) groups is 2. The van der Waals surface area contributed by atoms with Crippen LogP contribution in [0.4, 0.5) is 0 Å². The van der Waals surface area contributed by atoms with Crippen LogP contribution in [0.3, 0.4) is 0 Å². The van der Waals surface area contributed by atoms with Crippen LogP contribution >= 0.6 is 0 Å². The van der Waals surface area contributed by atoms with Crippen molar-refractivity contribution in [1.82, 2.24) is 4.90 Å². The quantitative estimate of drug-likeness (QED) is 0.323. The largest absolute Gasteiger partial charge is 0.507 e. The maximum atomic E-state index is 13.1. The molecular formula is C28H27NO3. The number of hydrogen-bond acceptors (Lipinski definition) is 3. The number of likely N-dealkylation sites (tertiary alicyclic amines) is 1. The summed E-state index contributed by atoms with van der Waals surface area (Å²) in [6.45, 7) is 4.63. The van der Waals surface area contributed by atoms with Crippen LogP contribution in [0, 0.1) is 0 Å². The van der Waals surface area contributed by atoms with Gasteiger partial charge in [-0.25, -0.2) is 0 Å². The molecule has 4 rings (SSSR count). The fourth-order valence-electron chi connectivity index (χ4n) is 4.17. The molecule has 0 radical (unpaired) electrons. The van der Waals surface area contributed by atoms with Crippen molar-refractivity contribution < 1.29 is 14.7 Å². The Hall–Kier alpha value is -3.66. The van der Waals surface area contributed by atoms with Crippen LogP contribution in [-0.4, -0.2) is 28.2 Å². The zero-order valence-electron chi connectivity index (χ0n) is 18.4. The Balaban J connectivity index is 1.77. The topological polar surface area (TPSA) is 57.6 Å². The van der Waals surface area contributed by atoms with Crippen molar-refractivity contribution in [3.8, 4) is 0 Å². The second kappa shape index (κ2) is 9.23. The number of aliphatic hydroxyl groups is 1. The van der Waals surface area contributed by atoms with Gasteiger partial charge in [0.2, 0.25) is 0 Å². The first-order valence-electron chi connectivity index (χ1n) is 10.9. The molecule has 1 saturated heterocycles. The lowest BCUT2D eigenvalue weighted by Crippen LogP contribution is -2.31. The number of aliphatic hydroxyl groups excluding tert-OH is 1. The van der Waals surface area contributed by atoms with Crippen molar-refractivity contribution in [2.24, 2.45) is 0 Å². The van der Waals surface area contributed by atoms with E-state index in [-0.39, 0.29) is 11.3 Å². The van der Waals surface area contributed by atoms with Gasteiger partial charge in [0.05, 0.1) is 11.6 Å². The number of Topliss-reactive ketones (excluding diaryl/α,β-unsaturated/α-hetero) is 1. The number of rotatable bonds is 6. The van der Waals surface area contributed by atoms with Crippen LogP contribution < -0.4 is 0 Å². The van der Waals surface area contributed by atoms with E-state index >= 15 is 0 Å². The van der Waals surface area contributed by atoms with Crippen LogP contribution in [0.15, 0.2) is 90.5 Å². The van der Waals surface area contributed by atoms with E-state index in [1.54, 1.807) is 29.2 Å². The van der Waals surface area contributed by atoms with Crippen molar-refractivity contribution in [1.29, 1.82) is 0 Å². The zero-order valence-corrected chi connectivity index (χ0v) is 18.4. The van der Waals surface area contributed by atoms with E-state index in [0.29, 0.717) is 24.4 Å². The average molecular weight is 426 g/mol. The molecule has 1 aliphatic heterocycles. The van der Waals surface area contributed by atoms with Crippen LogP contribution in [0.5, 0.6) is 0 Å². The Bertz CT molecular complexity index is 1130. The summed E-state index contributed by atoms with van der Waals surface area (Å²) in [6.07, 6.45) is 0.625. The predicted molar refractivity (Wildman–Crippen MR) is 126 cm³/mol. The normalized spacial score (nSPS) is 17.8. The molecule has 3 aromatic rings. The Kier molecular flexibility index (Phi) is 6.22. The molecule has 0 aromatic heterocycles. The Morgan fingerprint density at radius 3 is 2.06 bits per heavy atom. The van der Waals surface area contributed by atoms with E-state index in [0.717, 1.165) is 11.1 Å². The van der Waals surface area contributed by atoms with Gasteiger partial charge >= 0.3 is 0 Å². The number of amides is 1. The van der Waals surface area contributed by atoms with Gasteiger partial charge in [-0.2, -0.15) is 0 Å². The van der Waals surface area contributed by atoms with Gasteiger partial charge in [0, 0.05) is 12.1 Å². The molecule has 1 aliphatic rings. The molecule has 1 fully saturated rings. The number of benzene rings is 3. The van der Waals surface area contributed by atoms with Gasteiger partial charge in [0.15, 0.2) is 0 Å². The molecule has 1 atom stereocenters. The van der Waals surface area contributed by atoms with Crippen molar-refractivity contribution in [3.63, 3.8) is 0 Å². The van der Waals surface area contributed by atoms with Gasteiger partial charge in [0.25, 0.3) is 11.7 Å². The lowest BCUT2D eigenvalue weighted by Gasteiger charge is -2.25. The van der Waals surface area contributed by atoms with Crippen LogP contribution in [0.1, 0.15) is 48.1 Å². The van der Waals surface area contributed by atoms with Crippen molar-refractivity contribution in [3.05, 3.63) is 113 Å². The summed E-state index contributed by atoms with van der Waals surface area (Å²) in [4.78, 5) is 27.7. The van der Waals surface area contributed by atoms with Crippen molar-refractivity contribution in [2.75, 3.05) is 6.54 Å². The minimum atomic E-state index is -0.641. The standard InChI is InChI=1S/C28H27NO3/c1-19(2)21-13-15-22(16-14-21)25-24(26(30)23-11-7-4-8-12-23)27(31)28(32)29(25)18-17-20-9-5-3-6-10-20/h3-16,19,25,30H,17-18H2,1-2H3. The summed E-state index contributed by atoms with van der Waals surface area (Å²) in [5, 5.41) is 11.1. The van der Waals surface area contributed by atoms with E-state index in [1.165, 1.54) is 5.56 Å². The molecular weight excluding hydrogens is 398 g/mol. The van der Waals surface area contributed by atoms with Gasteiger partial charge in [-0.15, -0.1) is 0 Å². The maximum Gasteiger partial charge on any atom is 0.295 e. The number of nitrogens with zero attached hydrogens (tertiary/aromatic N) is 1. The Morgan fingerprint density at radius 1 is 0.875 bits per heavy atom. The number of hydrogen-bond donors (Lipinski definition) is 1. The van der Waals surface area contributed by atoms with Gasteiger partial charge < -0.3 is 10.0 Å². The van der Waals surface area contributed by atoms with Gasteiger partial charge in [-0.1, -0.05) is 98.8 Å². The fourth-order valence-corrected chi connectivity index (χ4v) is 4.17. The monoisotopic (exact) mass is 425 g/mol. The smallest absolute Gasteiger partial charge is 0.295 e. The average Bonchev–Trinajstić information content (AvgIpc) is 3.08. The van der Waals surface area contributed by atoms with Gasteiger partial charge in [-0.05, 0) is 29.0 Å². The maximum absolute atomic E-state index is 13.1. The molecule has 1 N–H and O–H groups in total. The summed E-state index contributed by atoms with van der Waals surface area (Å²) in [5.41, 5.74) is 3.76. The summed E-state index contributed by atoms with van der Waals surface area (Å²) in [6, 6.07) is 26.2. The summed E-state index contributed by atoms with van der Waals surface area (Å²) >= 11 is 0. The predicted octanol–water partition coefficient (Wildman–Crippen LogP) is 5.47. The highest BCUT2D eigenvalue weighted by molar-refractivity contribution is 6.46. The summed E-state index contributed by atoms with van der Waals surface area (Å²) in [7, 11) is 0. The van der Waals surface area contributed by atoms with E-state index in [1.807, 2.05) is 60.7 Å². The Labute approximate surface area is 188 Å². The lowest BCUT2D eigenvalue weighted by atomic mass is 9.93. The fraction of sp³-hybridized carbons (Fsp3) is 0.214.